The van der Waals surface area contributed by atoms with E-state index in [1.165, 1.54) is 25.9 Å². The first kappa shape index (κ1) is 25.1. The number of aromatic amines is 1. The Morgan fingerprint density at radius 3 is 2.51 bits per heavy atom. The average molecular weight is 501 g/mol. The van der Waals surface area contributed by atoms with E-state index < -0.39 is 0 Å². The average Bonchev–Trinajstić information content (AvgIpc) is 3.60. The molecule has 0 radical (unpaired) electrons. The number of piperazine rings is 1. The van der Waals surface area contributed by atoms with Gasteiger partial charge in [-0.3, -0.25) is 14.7 Å². The summed E-state index contributed by atoms with van der Waals surface area (Å²) in [7, 11) is 0. The zero-order valence-corrected chi connectivity index (χ0v) is 21.8. The SMILES string of the molecule is CC=N/C(=C\C)c1ccnc(Nc2ccc3[nH]c(C(=O)N4CCN(CCN5CCCC5)CC4)cc3c2)n1. The lowest BCUT2D eigenvalue weighted by Gasteiger charge is -2.35. The summed E-state index contributed by atoms with van der Waals surface area (Å²) in [6, 6.07) is 9.73. The summed E-state index contributed by atoms with van der Waals surface area (Å²) in [5.74, 6) is 0.563. The molecule has 0 spiro atoms. The van der Waals surface area contributed by atoms with Gasteiger partial charge in [-0.15, -0.1) is 0 Å². The summed E-state index contributed by atoms with van der Waals surface area (Å²) < 4.78 is 0. The predicted octanol–water partition coefficient (Wildman–Crippen LogP) is 4.01. The largest absolute Gasteiger partial charge is 0.351 e. The van der Waals surface area contributed by atoms with E-state index in [9.17, 15) is 4.79 Å². The second-order valence-corrected chi connectivity index (χ2v) is 9.62. The highest BCUT2D eigenvalue weighted by Crippen LogP contribution is 2.24. The summed E-state index contributed by atoms with van der Waals surface area (Å²) in [6.07, 6.45) is 8.05. The van der Waals surface area contributed by atoms with Crippen LogP contribution in [0.3, 0.4) is 0 Å². The molecule has 0 bridgehead atoms. The second-order valence-electron chi connectivity index (χ2n) is 9.62. The molecule has 3 aromatic rings. The minimum absolute atomic E-state index is 0.0660. The van der Waals surface area contributed by atoms with Crippen molar-refractivity contribution in [2.75, 3.05) is 57.7 Å². The van der Waals surface area contributed by atoms with Gasteiger partial charge in [-0.05, 0) is 70.1 Å². The number of hydrogen-bond acceptors (Lipinski definition) is 7. The molecule has 1 aromatic carbocycles. The Kier molecular flexibility index (Phi) is 7.91. The molecule has 2 saturated heterocycles. The Labute approximate surface area is 218 Å². The molecule has 2 N–H and O–H groups in total. The number of rotatable bonds is 8. The van der Waals surface area contributed by atoms with Gasteiger partial charge in [0.05, 0.1) is 11.4 Å². The molecule has 0 aliphatic carbocycles. The number of anilines is 2. The van der Waals surface area contributed by atoms with Crippen molar-refractivity contribution in [1.29, 1.82) is 0 Å². The molecule has 194 valence electrons. The summed E-state index contributed by atoms with van der Waals surface area (Å²) in [4.78, 5) is 36.8. The highest BCUT2D eigenvalue weighted by Gasteiger charge is 2.24. The first-order chi connectivity index (χ1) is 18.1. The molecule has 2 aliphatic heterocycles. The number of carbonyl (C=O) groups excluding carboxylic acids is 1. The van der Waals surface area contributed by atoms with Crippen LogP contribution in [0.15, 0.2) is 47.6 Å². The fourth-order valence-corrected chi connectivity index (χ4v) is 5.08. The van der Waals surface area contributed by atoms with Crippen LogP contribution in [0, 0.1) is 0 Å². The fraction of sp³-hybridized carbons (Fsp3) is 0.429. The Morgan fingerprint density at radius 1 is 1.03 bits per heavy atom. The van der Waals surface area contributed by atoms with Gasteiger partial charge in [0, 0.05) is 68.3 Å². The number of H-pyrrole nitrogens is 1. The first-order valence-electron chi connectivity index (χ1n) is 13.2. The van der Waals surface area contributed by atoms with Crippen molar-refractivity contribution in [2.45, 2.75) is 26.7 Å². The maximum absolute atomic E-state index is 13.2. The van der Waals surface area contributed by atoms with Crippen LogP contribution in [0.2, 0.25) is 0 Å². The molecule has 9 heteroatoms. The van der Waals surface area contributed by atoms with Crippen molar-refractivity contribution < 1.29 is 4.79 Å². The van der Waals surface area contributed by atoms with Crippen LogP contribution in [0.4, 0.5) is 11.6 Å². The van der Waals surface area contributed by atoms with Gasteiger partial charge in [0.25, 0.3) is 5.91 Å². The van der Waals surface area contributed by atoms with Gasteiger partial charge in [0.15, 0.2) is 0 Å². The van der Waals surface area contributed by atoms with E-state index in [1.807, 2.05) is 55.2 Å². The number of likely N-dealkylation sites (tertiary alicyclic amines) is 1. The lowest BCUT2D eigenvalue weighted by molar-refractivity contribution is 0.0622. The maximum atomic E-state index is 13.2. The Balaban J connectivity index is 1.21. The topological polar surface area (TPSA) is 92.7 Å². The minimum Gasteiger partial charge on any atom is -0.351 e. The smallest absolute Gasteiger partial charge is 0.270 e. The van der Waals surface area contributed by atoms with Crippen LogP contribution in [-0.2, 0) is 0 Å². The molecular weight excluding hydrogens is 464 g/mol. The summed E-state index contributed by atoms with van der Waals surface area (Å²) in [6.45, 7) is 11.9. The van der Waals surface area contributed by atoms with Gasteiger partial charge < -0.3 is 20.1 Å². The van der Waals surface area contributed by atoms with E-state index in [-0.39, 0.29) is 5.91 Å². The van der Waals surface area contributed by atoms with E-state index in [0.717, 1.165) is 67.2 Å². The predicted molar refractivity (Wildman–Crippen MR) is 149 cm³/mol. The molecule has 0 saturated carbocycles. The van der Waals surface area contributed by atoms with Gasteiger partial charge in [0.2, 0.25) is 5.95 Å². The zero-order chi connectivity index (χ0) is 25.6. The summed E-state index contributed by atoms with van der Waals surface area (Å²) in [5.41, 5.74) is 3.97. The number of aliphatic imine (C=N–C) groups is 1. The number of hydrogen-bond donors (Lipinski definition) is 2. The van der Waals surface area contributed by atoms with Crippen molar-refractivity contribution in [3.63, 3.8) is 0 Å². The molecule has 2 fully saturated rings. The van der Waals surface area contributed by atoms with Crippen LogP contribution in [0.5, 0.6) is 0 Å². The first-order valence-corrected chi connectivity index (χ1v) is 13.2. The molecule has 5 rings (SSSR count). The molecule has 2 aromatic heterocycles. The fourth-order valence-electron chi connectivity index (χ4n) is 5.08. The molecule has 0 atom stereocenters. The molecule has 4 heterocycles. The number of carbonyl (C=O) groups is 1. The van der Waals surface area contributed by atoms with E-state index >= 15 is 0 Å². The van der Waals surface area contributed by atoms with Crippen molar-refractivity contribution in [3.05, 3.63) is 54.0 Å². The van der Waals surface area contributed by atoms with Gasteiger partial charge in [-0.2, -0.15) is 0 Å². The van der Waals surface area contributed by atoms with Crippen molar-refractivity contribution in [2.24, 2.45) is 4.99 Å². The van der Waals surface area contributed by atoms with Crippen LogP contribution in [0.25, 0.3) is 16.6 Å². The Morgan fingerprint density at radius 2 is 1.78 bits per heavy atom. The van der Waals surface area contributed by atoms with E-state index in [2.05, 4.69) is 35.1 Å². The number of amides is 1. The van der Waals surface area contributed by atoms with Gasteiger partial charge >= 0.3 is 0 Å². The maximum Gasteiger partial charge on any atom is 0.270 e. The number of benzene rings is 1. The van der Waals surface area contributed by atoms with E-state index in [0.29, 0.717) is 11.6 Å². The highest BCUT2D eigenvalue weighted by molar-refractivity contribution is 5.98. The molecule has 2 aliphatic rings. The van der Waals surface area contributed by atoms with E-state index in [1.54, 1.807) is 12.4 Å². The molecule has 37 heavy (non-hydrogen) atoms. The quantitative estimate of drug-likeness (QED) is 0.454. The van der Waals surface area contributed by atoms with Gasteiger partial charge in [-0.25, -0.2) is 9.97 Å². The highest BCUT2D eigenvalue weighted by atomic mass is 16.2. The Bertz CT molecular complexity index is 1280. The number of nitrogens with one attached hydrogen (secondary N) is 2. The van der Waals surface area contributed by atoms with Crippen molar-refractivity contribution >= 4 is 40.4 Å². The van der Waals surface area contributed by atoms with Gasteiger partial charge in [-0.1, -0.05) is 6.08 Å². The molecule has 1 amide bonds. The lowest BCUT2D eigenvalue weighted by Crippen LogP contribution is -2.50. The number of nitrogens with zero attached hydrogens (tertiary/aromatic N) is 6. The summed E-state index contributed by atoms with van der Waals surface area (Å²) in [5, 5.41) is 4.25. The molecular formula is C28H36N8O. The Hall–Kier alpha value is -3.56. The van der Waals surface area contributed by atoms with Crippen LogP contribution in [0.1, 0.15) is 42.9 Å². The van der Waals surface area contributed by atoms with Crippen LogP contribution in [-0.4, -0.2) is 94.1 Å². The number of allylic oxidation sites excluding steroid dienone is 1. The zero-order valence-electron chi connectivity index (χ0n) is 21.8. The van der Waals surface area contributed by atoms with Crippen molar-refractivity contribution in [3.8, 4) is 0 Å². The second kappa shape index (κ2) is 11.7. The molecule has 0 unspecified atom stereocenters. The van der Waals surface area contributed by atoms with Crippen molar-refractivity contribution in [1.82, 2.24) is 29.7 Å². The number of fused-ring (bicyclic) bond motifs is 1. The van der Waals surface area contributed by atoms with Gasteiger partial charge in [0.1, 0.15) is 5.69 Å². The lowest BCUT2D eigenvalue weighted by atomic mass is 10.2. The molecule has 9 nitrogen and oxygen atoms in total. The van der Waals surface area contributed by atoms with Crippen LogP contribution < -0.4 is 5.32 Å². The monoisotopic (exact) mass is 500 g/mol. The third-order valence-corrected chi connectivity index (χ3v) is 7.16. The summed E-state index contributed by atoms with van der Waals surface area (Å²) >= 11 is 0. The number of aromatic nitrogens is 3. The third-order valence-electron chi connectivity index (χ3n) is 7.16. The van der Waals surface area contributed by atoms with Crippen LogP contribution >= 0.6 is 0 Å². The minimum atomic E-state index is 0.0660. The third kappa shape index (κ3) is 6.06. The van der Waals surface area contributed by atoms with E-state index in [4.69, 9.17) is 0 Å². The standard InChI is InChI=1S/C28H36N8O/c1-3-23(29-4-2)25-9-10-30-28(33-25)31-22-7-8-24-21(19-22)20-26(32-24)27(37)36-17-15-35(16-18-36)14-13-34-11-5-6-12-34/h3-4,7-10,19-20,32H,5-6,11-18H2,1-2H3,(H,30,31,33)/b23-3-,29-4?. The normalized spacial score (nSPS) is 17.8.